The van der Waals surface area contributed by atoms with Crippen molar-refractivity contribution >= 4 is 23.4 Å². The number of para-hydroxylation sites is 1. The van der Waals surface area contributed by atoms with Crippen LogP contribution in [0.25, 0.3) is 5.69 Å². The average Bonchev–Trinajstić information content (AvgIpc) is 2.87. The zero-order valence-corrected chi connectivity index (χ0v) is 14.0. The number of rotatable bonds is 4. The second-order valence-corrected chi connectivity index (χ2v) is 6.45. The van der Waals surface area contributed by atoms with Crippen molar-refractivity contribution in [2.24, 2.45) is 0 Å². The summed E-state index contributed by atoms with van der Waals surface area (Å²) in [7, 11) is 0. The summed E-state index contributed by atoms with van der Waals surface area (Å²) in [6.07, 6.45) is 0. The van der Waals surface area contributed by atoms with E-state index in [-0.39, 0.29) is 0 Å². The van der Waals surface area contributed by atoms with E-state index in [1.54, 1.807) is 11.8 Å². The van der Waals surface area contributed by atoms with Crippen molar-refractivity contribution < 1.29 is 0 Å². The first-order valence-corrected chi connectivity index (χ1v) is 8.37. The van der Waals surface area contributed by atoms with Crippen LogP contribution in [0.5, 0.6) is 0 Å². The minimum atomic E-state index is 0.759. The molecule has 0 saturated carbocycles. The maximum atomic E-state index is 6.04. The molecular formula is C17H16ClN3S. The van der Waals surface area contributed by atoms with Crippen LogP contribution >= 0.6 is 23.4 Å². The van der Waals surface area contributed by atoms with Gasteiger partial charge < -0.3 is 0 Å². The Morgan fingerprint density at radius 2 is 1.86 bits per heavy atom. The van der Waals surface area contributed by atoms with Crippen LogP contribution < -0.4 is 0 Å². The Bertz CT molecular complexity index is 798. The van der Waals surface area contributed by atoms with Crippen molar-refractivity contribution in [3.05, 3.63) is 70.5 Å². The second-order valence-electron chi connectivity index (χ2n) is 5.07. The van der Waals surface area contributed by atoms with E-state index in [1.165, 1.54) is 11.1 Å². The zero-order chi connectivity index (χ0) is 15.5. The summed E-state index contributed by atoms with van der Waals surface area (Å²) in [5.74, 6) is 1.70. The van der Waals surface area contributed by atoms with Gasteiger partial charge in [-0.1, -0.05) is 53.7 Å². The summed E-state index contributed by atoms with van der Waals surface area (Å²) >= 11 is 7.70. The van der Waals surface area contributed by atoms with Crippen molar-refractivity contribution in [3.63, 3.8) is 0 Å². The summed E-state index contributed by atoms with van der Waals surface area (Å²) in [5.41, 5.74) is 3.50. The monoisotopic (exact) mass is 329 g/mol. The normalized spacial score (nSPS) is 10.9. The Hall–Kier alpha value is -1.78. The first-order chi connectivity index (χ1) is 10.6. The lowest BCUT2D eigenvalue weighted by molar-refractivity contribution is 0.862. The summed E-state index contributed by atoms with van der Waals surface area (Å²) < 4.78 is 2.10. The van der Waals surface area contributed by atoms with Gasteiger partial charge in [0.25, 0.3) is 0 Å². The fourth-order valence-electron chi connectivity index (χ4n) is 2.30. The largest absolute Gasteiger partial charge is 0.274 e. The number of hydrogen-bond donors (Lipinski definition) is 0. The molecule has 0 fully saturated rings. The maximum absolute atomic E-state index is 6.04. The van der Waals surface area contributed by atoms with Gasteiger partial charge in [0.1, 0.15) is 5.82 Å². The van der Waals surface area contributed by atoms with Crippen LogP contribution in [0.2, 0.25) is 5.02 Å². The van der Waals surface area contributed by atoms with Gasteiger partial charge in [0, 0.05) is 10.8 Å². The van der Waals surface area contributed by atoms with Crippen molar-refractivity contribution in [2.45, 2.75) is 24.8 Å². The molecule has 0 aliphatic rings. The van der Waals surface area contributed by atoms with Gasteiger partial charge in [-0.05, 0) is 43.2 Å². The van der Waals surface area contributed by atoms with E-state index in [0.717, 1.165) is 27.4 Å². The molecule has 0 saturated heterocycles. The fraction of sp³-hybridized carbons (Fsp3) is 0.176. The molecule has 0 bridgehead atoms. The molecule has 3 rings (SSSR count). The summed E-state index contributed by atoms with van der Waals surface area (Å²) in [4.78, 5) is 0. The van der Waals surface area contributed by atoms with Crippen molar-refractivity contribution in [2.75, 3.05) is 0 Å². The molecule has 2 aromatic carbocycles. The van der Waals surface area contributed by atoms with E-state index in [0.29, 0.717) is 0 Å². The molecule has 1 heterocycles. The van der Waals surface area contributed by atoms with Gasteiger partial charge in [0.2, 0.25) is 0 Å². The smallest absolute Gasteiger partial charge is 0.196 e. The lowest BCUT2D eigenvalue weighted by Crippen LogP contribution is -2.01. The highest BCUT2D eigenvalue weighted by Gasteiger charge is 2.13. The molecule has 0 unspecified atom stereocenters. The number of thioether (sulfide) groups is 1. The molecule has 1 aromatic heterocycles. The third-order valence-electron chi connectivity index (χ3n) is 3.41. The van der Waals surface area contributed by atoms with Gasteiger partial charge in [-0.15, -0.1) is 10.2 Å². The molecule has 22 heavy (non-hydrogen) atoms. The van der Waals surface area contributed by atoms with Crippen LogP contribution in [0.1, 0.15) is 17.0 Å². The molecule has 0 radical (unpaired) electrons. The third kappa shape index (κ3) is 3.18. The molecular weight excluding hydrogens is 314 g/mol. The van der Waals surface area contributed by atoms with Crippen LogP contribution in [0.15, 0.2) is 53.7 Å². The topological polar surface area (TPSA) is 30.7 Å². The Morgan fingerprint density at radius 1 is 1.05 bits per heavy atom. The minimum absolute atomic E-state index is 0.759. The molecule has 0 spiro atoms. The van der Waals surface area contributed by atoms with Crippen molar-refractivity contribution in [1.29, 1.82) is 0 Å². The van der Waals surface area contributed by atoms with Crippen LogP contribution in [0.3, 0.4) is 0 Å². The Kier molecular flexibility index (Phi) is 4.50. The van der Waals surface area contributed by atoms with Crippen molar-refractivity contribution in [1.82, 2.24) is 14.8 Å². The van der Waals surface area contributed by atoms with E-state index in [1.807, 2.05) is 37.3 Å². The van der Waals surface area contributed by atoms with E-state index in [4.69, 9.17) is 11.6 Å². The third-order valence-corrected chi connectivity index (χ3v) is 4.64. The first-order valence-electron chi connectivity index (χ1n) is 7.00. The van der Waals surface area contributed by atoms with Gasteiger partial charge in [-0.2, -0.15) is 0 Å². The number of halogens is 1. The molecule has 3 nitrogen and oxygen atoms in total. The SMILES string of the molecule is Cc1ccccc1-n1c(C)nnc1SCc1cccc(Cl)c1. The van der Waals surface area contributed by atoms with E-state index < -0.39 is 0 Å². The lowest BCUT2D eigenvalue weighted by atomic mass is 10.2. The summed E-state index contributed by atoms with van der Waals surface area (Å²) in [6, 6.07) is 16.2. The molecule has 0 aliphatic heterocycles. The molecule has 0 amide bonds. The van der Waals surface area contributed by atoms with Gasteiger partial charge in [0.05, 0.1) is 5.69 Å². The second kappa shape index (κ2) is 6.55. The predicted molar refractivity (Wildman–Crippen MR) is 91.8 cm³/mol. The minimum Gasteiger partial charge on any atom is -0.274 e. The van der Waals surface area contributed by atoms with Gasteiger partial charge in [-0.3, -0.25) is 4.57 Å². The standard InChI is InChI=1S/C17H16ClN3S/c1-12-6-3-4-9-16(12)21-13(2)19-20-17(21)22-11-14-7-5-8-15(18)10-14/h3-10H,11H2,1-2H3. The number of aryl methyl sites for hydroxylation is 2. The maximum Gasteiger partial charge on any atom is 0.196 e. The summed E-state index contributed by atoms with van der Waals surface area (Å²) in [6.45, 7) is 4.07. The quantitative estimate of drug-likeness (QED) is 0.642. The van der Waals surface area contributed by atoms with Crippen LogP contribution in [-0.4, -0.2) is 14.8 Å². The Balaban J connectivity index is 1.88. The fourth-order valence-corrected chi connectivity index (χ4v) is 3.45. The van der Waals surface area contributed by atoms with Crippen LogP contribution in [0.4, 0.5) is 0 Å². The van der Waals surface area contributed by atoms with E-state index >= 15 is 0 Å². The van der Waals surface area contributed by atoms with Crippen molar-refractivity contribution in [3.8, 4) is 5.69 Å². The Labute approximate surface area is 139 Å². The van der Waals surface area contributed by atoms with Crippen LogP contribution in [-0.2, 0) is 5.75 Å². The first kappa shape index (κ1) is 15.1. The molecule has 0 N–H and O–H groups in total. The van der Waals surface area contributed by atoms with Gasteiger partial charge >= 0.3 is 0 Å². The molecule has 5 heteroatoms. The summed E-state index contributed by atoms with van der Waals surface area (Å²) in [5, 5.41) is 10.2. The number of nitrogens with zero attached hydrogens (tertiary/aromatic N) is 3. The van der Waals surface area contributed by atoms with Crippen LogP contribution in [0, 0.1) is 13.8 Å². The predicted octanol–water partition coefficient (Wildman–Crippen LogP) is 4.83. The number of aromatic nitrogens is 3. The van der Waals surface area contributed by atoms with Gasteiger partial charge in [-0.25, -0.2) is 0 Å². The van der Waals surface area contributed by atoms with E-state index in [2.05, 4.69) is 39.9 Å². The molecule has 0 atom stereocenters. The van der Waals surface area contributed by atoms with E-state index in [9.17, 15) is 0 Å². The zero-order valence-electron chi connectivity index (χ0n) is 12.5. The number of hydrogen-bond acceptors (Lipinski definition) is 3. The molecule has 0 aliphatic carbocycles. The average molecular weight is 330 g/mol. The highest BCUT2D eigenvalue weighted by atomic mass is 35.5. The molecule has 112 valence electrons. The molecule has 3 aromatic rings. The Morgan fingerprint density at radius 3 is 2.64 bits per heavy atom. The number of benzene rings is 2. The lowest BCUT2D eigenvalue weighted by Gasteiger charge is -2.11. The van der Waals surface area contributed by atoms with Gasteiger partial charge in [0.15, 0.2) is 5.16 Å². The highest BCUT2D eigenvalue weighted by molar-refractivity contribution is 7.98. The highest BCUT2D eigenvalue weighted by Crippen LogP contribution is 2.27.